The van der Waals surface area contributed by atoms with Crippen molar-refractivity contribution in [2.24, 2.45) is 5.73 Å². The first-order valence-corrected chi connectivity index (χ1v) is 5.11. The van der Waals surface area contributed by atoms with Crippen LogP contribution in [0.5, 0.6) is 5.75 Å². The number of nitrogens with two attached hydrogens (primary N) is 1. The molecule has 0 atom stereocenters. The number of phenolic OH excluding ortho intramolecular Hbond substituents is 1. The lowest BCUT2D eigenvalue weighted by atomic mass is 10.2. The van der Waals surface area contributed by atoms with Crippen molar-refractivity contribution in [3.63, 3.8) is 0 Å². The van der Waals surface area contributed by atoms with Crippen molar-refractivity contribution >= 4 is 0 Å². The monoisotopic (exact) mass is 219 g/mol. The van der Waals surface area contributed by atoms with E-state index in [2.05, 4.69) is 10.1 Å². The highest BCUT2D eigenvalue weighted by atomic mass is 16.5. The Kier molecular flexibility index (Phi) is 3.16. The average molecular weight is 219 g/mol. The van der Waals surface area contributed by atoms with Crippen molar-refractivity contribution in [1.29, 1.82) is 0 Å². The molecule has 0 aliphatic rings. The Hall–Kier alpha value is -1.88. The highest BCUT2D eigenvalue weighted by molar-refractivity contribution is 5.53. The van der Waals surface area contributed by atoms with Crippen LogP contribution in [0.15, 0.2) is 28.8 Å². The molecule has 0 unspecified atom stereocenters. The fourth-order valence-corrected chi connectivity index (χ4v) is 1.34. The van der Waals surface area contributed by atoms with Gasteiger partial charge in [-0.05, 0) is 37.2 Å². The number of aryl methyl sites for hydroxylation is 1. The predicted octanol–water partition coefficient (Wildman–Crippen LogP) is 1.33. The minimum Gasteiger partial charge on any atom is -0.508 e. The lowest BCUT2D eigenvalue weighted by molar-refractivity contribution is 0.421. The van der Waals surface area contributed by atoms with Crippen molar-refractivity contribution < 1.29 is 9.63 Å². The third kappa shape index (κ3) is 2.38. The van der Waals surface area contributed by atoms with Crippen LogP contribution in [-0.4, -0.2) is 21.8 Å². The number of benzene rings is 1. The molecule has 3 N–H and O–H groups in total. The van der Waals surface area contributed by atoms with Crippen molar-refractivity contribution in [2.45, 2.75) is 12.8 Å². The molecule has 1 aromatic carbocycles. The number of aromatic nitrogens is 2. The van der Waals surface area contributed by atoms with E-state index in [0.29, 0.717) is 18.3 Å². The van der Waals surface area contributed by atoms with Gasteiger partial charge in [-0.1, -0.05) is 5.16 Å². The molecule has 0 spiro atoms. The molecule has 2 aromatic rings. The van der Waals surface area contributed by atoms with Crippen LogP contribution in [0, 0.1) is 0 Å². The molecule has 0 amide bonds. The van der Waals surface area contributed by atoms with Crippen molar-refractivity contribution in [2.75, 3.05) is 6.54 Å². The van der Waals surface area contributed by atoms with Gasteiger partial charge in [0, 0.05) is 12.0 Å². The minimum atomic E-state index is 0.214. The fraction of sp³-hybridized carbons (Fsp3) is 0.273. The van der Waals surface area contributed by atoms with E-state index in [1.54, 1.807) is 24.3 Å². The lowest BCUT2D eigenvalue weighted by Crippen LogP contribution is -2.01. The van der Waals surface area contributed by atoms with E-state index in [1.807, 2.05) is 0 Å². The Labute approximate surface area is 92.9 Å². The quantitative estimate of drug-likeness (QED) is 0.810. The molecule has 5 heteroatoms. The molecule has 0 aliphatic carbocycles. The van der Waals surface area contributed by atoms with Gasteiger partial charge >= 0.3 is 0 Å². The van der Waals surface area contributed by atoms with Crippen molar-refractivity contribution in [3.8, 4) is 17.2 Å². The second kappa shape index (κ2) is 4.76. The maximum atomic E-state index is 9.14. The largest absolute Gasteiger partial charge is 0.508 e. The highest BCUT2D eigenvalue weighted by Gasteiger charge is 2.07. The minimum absolute atomic E-state index is 0.214. The second-order valence-electron chi connectivity index (χ2n) is 3.45. The molecular weight excluding hydrogens is 206 g/mol. The summed E-state index contributed by atoms with van der Waals surface area (Å²) in [6.07, 6.45) is 1.56. The molecule has 0 aliphatic heterocycles. The van der Waals surface area contributed by atoms with E-state index in [1.165, 1.54) is 0 Å². The molecular formula is C11H13N3O2. The summed E-state index contributed by atoms with van der Waals surface area (Å²) in [5, 5.41) is 13.0. The fourth-order valence-electron chi connectivity index (χ4n) is 1.34. The Balaban J connectivity index is 2.15. The Morgan fingerprint density at radius 3 is 2.69 bits per heavy atom. The first kappa shape index (κ1) is 10.6. The van der Waals surface area contributed by atoms with Crippen LogP contribution in [0.2, 0.25) is 0 Å². The molecule has 0 fully saturated rings. The van der Waals surface area contributed by atoms with Gasteiger partial charge in [0.2, 0.25) is 0 Å². The Morgan fingerprint density at radius 1 is 1.25 bits per heavy atom. The van der Waals surface area contributed by atoms with Crippen molar-refractivity contribution in [3.05, 3.63) is 30.1 Å². The van der Waals surface area contributed by atoms with Gasteiger partial charge in [0.05, 0.1) is 0 Å². The molecule has 0 saturated heterocycles. The predicted molar refractivity (Wildman–Crippen MR) is 58.8 cm³/mol. The summed E-state index contributed by atoms with van der Waals surface area (Å²) in [6, 6.07) is 6.63. The van der Waals surface area contributed by atoms with Gasteiger partial charge < -0.3 is 15.4 Å². The molecule has 0 radical (unpaired) electrons. The number of aromatic hydroxyl groups is 1. The zero-order valence-electron chi connectivity index (χ0n) is 8.76. The topological polar surface area (TPSA) is 85.2 Å². The SMILES string of the molecule is NCCCc1noc(-c2ccc(O)cc2)n1. The molecule has 2 rings (SSSR count). The molecule has 0 bridgehead atoms. The summed E-state index contributed by atoms with van der Waals surface area (Å²) in [4.78, 5) is 4.23. The first-order chi connectivity index (χ1) is 7.79. The Bertz CT molecular complexity index is 451. The molecule has 1 aromatic heterocycles. The van der Waals surface area contributed by atoms with Crippen LogP contribution < -0.4 is 5.73 Å². The van der Waals surface area contributed by atoms with Gasteiger partial charge in [-0.15, -0.1) is 0 Å². The average Bonchev–Trinajstić information content (AvgIpc) is 2.76. The summed E-state index contributed by atoms with van der Waals surface area (Å²) in [7, 11) is 0. The number of nitrogens with zero attached hydrogens (tertiary/aromatic N) is 2. The van der Waals surface area contributed by atoms with E-state index in [9.17, 15) is 0 Å². The molecule has 84 valence electrons. The summed E-state index contributed by atoms with van der Waals surface area (Å²) in [5.41, 5.74) is 6.19. The van der Waals surface area contributed by atoms with Crippen LogP contribution in [-0.2, 0) is 6.42 Å². The zero-order chi connectivity index (χ0) is 11.4. The van der Waals surface area contributed by atoms with Crippen LogP contribution in [0.4, 0.5) is 0 Å². The van der Waals surface area contributed by atoms with E-state index in [-0.39, 0.29) is 5.75 Å². The van der Waals surface area contributed by atoms with Gasteiger partial charge in [0.1, 0.15) is 5.75 Å². The van der Waals surface area contributed by atoms with E-state index < -0.39 is 0 Å². The number of rotatable bonds is 4. The van der Waals surface area contributed by atoms with Gasteiger partial charge in [-0.25, -0.2) is 0 Å². The third-order valence-corrected chi connectivity index (χ3v) is 2.19. The standard InChI is InChI=1S/C11H13N3O2/c12-7-1-2-10-13-11(16-14-10)8-3-5-9(15)6-4-8/h3-6,15H,1-2,7,12H2. The third-order valence-electron chi connectivity index (χ3n) is 2.19. The molecule has 0 saturated carbocycles. The van der Waals surface area contributed by atoms with Crippen LogP contribution in [0.3, 0.4) is 0 Å². The van der Waals surface area contributed by atoms with Crippen LogP contribution in [0.1, 0.15) is 12.2 Å². The zero-order valence-corrected chi connectivity index (χ0v) is 8.76. The summed E-state index contributed by atoms with van der Waals surface area (Å²) in [5.74, 6) is 1.34. The summed E-state index contributed by atoms with van der Waals surface area (Å²) >= 11 is 0. The second-order valence-corrected chi connectivity index (χ2v) is 3.45. The maximum Gasteiger partial charge on any atom is 0.257 e. The molecule has 1 heterocycles. The van der Waals surface area contributed by atoms with Crippen LogP contribution >= 0.6 is 0 Å². The van der Waals surface area contributed by atoms with E-state index >= 15 is 0 Å². The molecule has 5 nitrogen and oxygen atoms in total. The maximum absolute atomic E-state index is 9.14. The van der Waals surface area contributed by atoms with Gasteiger partial charge in [0.15, 0.2) is 5.82 Å². The van der Waals surface area contributed by atoms with Gasteiger partial charge in [-0.2, -0.15) is 4.98 Å². The van der Waals surface area contributed by atoms with E-state index in [0.717, 1.165) is 18.4 Å². The first-order valence-electron chi connectivity index (χ1n) is 5.11. The van der Waals surface area contributed by atoms with Gasteiger partial charge in [-0.3, -0.25) is 0 Å². The lowest BCUT2D eigenvalue weighted by Gasteiger charge is -1.93. The van der Waals surface area contributed by atoms with Crippen molar-refractivity contribution in [1.82, 2.24) is 10.1 Å². The number of hydrogen-bond acceptors (Lipinski definition) is 5. The van der Waals surface area contributed by atoms with Gasteiger partial charge in [0.25, 0.3) is 5.89 Å². The van der Waals surface area contributed by atoms with Crippen LogP contribution in [0.25, 0.3) is 11.5 Å². The van der Waals surface area contributed by atoms with E-state index in [4.69, 9.17) is 15.4 Å². The smallest absolute Gasteiger partial charge is 0.257 e. The summed E-state index contributed by atoms with van der Waals surface area (Å²) in [6.45, 7) is 0.614. The normalized spacial score (nSPS) is 10.6. The number of hydrogen-bond donors (Lipinski definition) is 2. The number of phenols is 1. The Morgan fingerprint density at radius 2 is 2.00 bits per heavy atom. The summed E-state index contributed by atoms with van der Waals surface area (Å²) < 4.78 is 5.10. The highest BCUT2D eigenvalue weighted by Crippen LogP contribution is 2.20. The molecule has 16 heavy (non-hydrogen) atoms.